The van der Waals surface area contributed by atoms with Crippen molar-refractivity contribution >= 4 is 28.3 Å². The number of carbonyl (C=O) groups is 2. The van der Waals surface area contributed by atoms with E-state index in [1.54, 1.807) is 12.0 Å². The van der Waals surface area contributed by atoms with E-state index in [2.05, 4.69) is 16.4 Å². The maximum absolute atomic E-state index is 12.6. The van der Waals surface area contributed by atoms with Gasteiger partial charge in [-0.2, -0.15) is 0 Å². The van der Waals surface area contributed by atoms with E-state index in [4.69, 9.17) is 9.47 Å². The SMILES string of the molecule is COCCCN1CC(C(=O)Nc2nc(-c3ccc4c(c3)CCCO4)cs2)CC1=O. The predicted molar refractivity (Wildman–Crippen MR) is 111 cm³/mol. The number of rotatable bonds is 7. The van der Waals surface area contributed by atoms with Gasteiger partial charge in [-0.05, 0) is 43.0 Å². The first-order chi connectivity index (χ1) is 14.1. The van der Waals surface area contributed by atoms with Crippen molar-refractivity contribution < 1.29 is 19.1 Å². The fraction of sp³-hybridized carbons (Fsp3) is 0.476. The number of hydrogen-bond donors (Lipinski definition) is 1. The predicted octanol–water partition coefficient (Wildman–Crippen LogP) is 2.96. The topological polar surface area (TPSA) is 80.8 Å². The lowest BCUT2D eigenvalue weighted by Gasteiger charge is -2.17. The van der Waals surface area contributed by atoms with Gasteiger partial charge in [0.2, 0.25) is 11.8 Å². The summed E-state index contributed by atoms with van der Waals surface area (Å²) in [6.07, 6.45) is 3.06. The van der Waals surface area contributed by atoms with Gasteiger partial charge in [0.1, 0.15) is 5.75 Å². The molecule has 1 atom stereocenters. The van der Waals surface area contributed by atoms with E-state index in [0.29, 0.717) is 24.8 Å². The average Bonchev–Trinajstić information content (AvgIpc) is 3.35. The minimum Gasteiger partial charge on any atom is -0.493 e. The molecule has 4 rings (SSSR count). The number of ether oxygens (including phenoxy) is 2. The second-order valence-corrected chi connectivity index (χ2v) is 8.25. The third-order valence-corrected chi connectivity index (χ3v) is 6.06. The number of methoxy groups -OCH3 is 1. The number of aryl methyl sites for hydroxylation is 1. The van der Waals surface area contributed by atoms with Crippen molar-refractivity contribution in [3.05, 3.63) is 29.1 Å². The van der Waals surface area contributed by atoms with Crippen LogP contribution in [0.25, 0.3) is 11.3 Å². The first-order valence-electron chi connectivity index (χ1n) is 9.93. The van der Waals surface area contributed by atoms with Gasteiger partial charge in [0.15, 0.2) is 5.13 Å². The molecular weight excluding hydrogens is 390 g/mol. The molecule has 3 heterocycles. The Balaban J connectivity index is 1.37. The maximum Gasteiger partial charge on any atom is 0.231 e. The Morgan fingerprint density at radius 3 is 3.21 bits per heavy atom. The van der Waals surface area contributed by atoms with Crippen LogP contribution < -0.4 is 10.1 Å². The zero-order valence-corrected chi connectivity index (χ0v) is 17.3. The number of benzene rings is 1. The summed E-state index contributed by atoms with van der Waals surface area (Å²) in [5, 5.41) is 5.39. The van der Waals surface area contributed by atoms with E-state index in [-0.39, 0.29) is 24.2 Å². The second-order valence-electron chi connectivity index (χ2n) is 7.39. The number of carbonyl (C=O) groups excluding carboxylic acids is 2. The van der Waals surface area contributed by atoms with E-state index < -0.39 is 0 Å². The zero-order chi connectivity index (χ0) is 20.2. The molecule has 0 aliphatic carbocycles. The van der Waals surface area contributed by atoms with Gasteiger partial charge in [-0.3, -0.25) is 9.59 Å². The van der Waals surface area contributed by atoms with Crippen LogP contribution in [-0.2, 0) is 20.7 Å². The van der Waals surface area contributed by atoms with Gasteiger partial charge in [-0.15, -0.1) is 11.3 Å². The monoisotopic (exact) mass is 415 g/mol. The van der Waals surface area contributed by atoms with Crippen molar-refractivity contribution in [1.82, 2.24) is 9.88 Å². The Bertz CT molecular complexity index is 898. The molecule has 29 heavy (non-hydrogen) atoms. The number of anilines is 1. The van der Waals surface area contributed by atoms with E-state index in [1.165, 1.54) is 16.9 Å². The minimum atomic E-state index is -0.335. The van der Waals surface area contributed by atoms with Crippen molar-refractivity contribution in [2.24, 2.45) is 5.92 Å². The van der Waals surface area contributed by atoms with Crippen LogP contribution in [0.15, 0.2) is 23.6 Å². The summed E-state index contributed by atoms with van der Waals surface area (Å²) < 4.78 is 10.7. The summed E-state index contributed by atoms with van der Waals surface area (Å²) in [4.78, 5) is 31.0. The molecular formula is C21H25N3O4S. The smallest absolute Gasteiger partial charge is 0.231 e. The number of likely N-dealkylation sites (tertiary alicyclic amines) is 1. The van der Waals surface area contributed by atoms with E-state index >= 15 is 0 Å². The highest BCUT2D eigenvalue weighted by Gasteiger charge is 2.34. The molecule has 2 aromatic rings. The molecule has 1 aromatic carbocycles. The highest BCUT2D eigenvalue weighted by molar-refractivity contribution is 7.14. The molecule has 1 aromatic heterocycles. The molecule has 2 aliphatic rings. The molecule has 0 radical (unpaired) electrons. The minimum absolute atomic E-state index is 0.0253. The number of amides is 2. The third kappa shape index (κ3) is 4.59. The van der Waals surface area contributed by atoms with Crippen molar-refractivity contribution in [3.8, 4) is 17.0 Å². The molecule has 2 amide bonds. The molecule has 2 aliphatic heterocycles. The largest absolute Gasteiger partial charge is 0.493 e. The standard InChI is InChI=1S/C21H25N3O4S/c1-27-8-3-7-24-12-16(11-19(24)25)20(26)23-21-22-17(13-29-21)14-5-6-18-15(10-14)4-2-9-28-18/h5-6,10,13,16H,2-4,7-9,11-12H2,1H3,(H,22,23,26). The molecule has 1 saturated heterocycles. The van der Waals surface area contributed by atoms with Crippen molar-refractivity contribution in [2.45, 2.75) is 25.7 Å². The molecule has 1 N–H and O–H groups in total. The van der Waals surface area contributed by atoms with E-state index in [0.717, 1.165) is 42.9 Å². The first kappa shape index (κ1) is 19.8. The quantitative estimate of drug-likeness (QED) is 0.703. The number of nitrogens with one attached hydrogen (secondary N) is 1. The molecule has 7 nitrogen and oxygen atoms in total. The van der Waals surface area contributed by atoms with Crippen LogP contribution >= 0.6 is 11.3 Å². The van der Waals surface area contributed by atoms with Crippen LogP contribution in [0.5, 0.6) is 5.75 Å². The van der Waals surface area contributed by atoms with Gasteiger partial charge >= 0.3 is 0 Å². The normalized spacial score (nSPS) is 18.4. The highest BCUT2D eigenvalue weighted by atomic mass is 32.1. The third-order valence-electron chi connectivity index (χ3n) is 5.30. The fourth-order valence-electron chi connectivity index (χ4n) is 3.75. The lowest BCUT2D eigenvalue weighted by Crippen LogP contribution is -2.29. The van der Waals surface area contributed by atoms with Crippen LogP contribution in [0.1, 0.15) is 24.8 Å². The van der Waals surface area contributed by atoms with E-state index in [1.807, 2.05) is 17.5 Å². The summed E-state index contributed by atoms with van der Waals surface area (Å²) in [7, 11) is 1.64. The molecule has 154 valence electrons. The lowest BCUT2D eigenvalue weighted by atomic mass is 10.0. The number of fused-ring (bicyclic) bond motifs is 1. The Labute approximate surface area is 174 Å². The van der Waals surface area contributed by atoms with Crippen LogP contribution in [0.3, 0.4) is 0 Å². The number of hydrogen-bond acceptors (Lipinski definition) is 6. The fourth-order valence-corrected chi connectivity index (χ4v) is 4.48. The summed E-state index contributed by atoms with van der Waals surface area (Å²) in [5.74, 6) is 0.493. The van der Waals surface area contributed by atoms with E-state index in [9.17, 15) is 9.59 Å². The van der Waals surface area contributed by atoms with Crippen LogP contribution in [0.4, 0.5) is 5.13 Å². The Kier molecular flexibility index (Phi) is 6.10. The molecule has 1 fully saturated rings. The highest BCUT2D eigenvalue weighted by Crippen LogP contribution is 2.32. The zero-order valence-electron chi connectivity index (χ0n) is 16.5. The van der Waals surface area contributed by atoms with Crippen molar-refractivity contribution in [3.63, 3.8) is 0 Å². The van der Waals surface area contributed by atoms with Crippen LogP contribution in [0, 0.1) is 5.92 Å². The van der Waals surface area contributed by atoms with Crippen LogP contribution in [-0.4, -0.2) is 55.1 Å². The summed E-state index contributed by atoms with van der Waals surface area (Å²) >= 11 is 1.40. The first-order valence-corrected chi connectivity index (χ1v) is 10.8. The van der Waals surface area contributed by atoms with Gasteiger partial charge in [0.25, 0.3) is 0 Å². The van der Waals surface area contributed by atoms with Gasteiger partial charge in [0, 0.05) is 44.2 Å². The second kappa shape index (κ2) is 8.92. The summed E-state index contributed by atoms with van der Waals surface area (Å²) in [6.45, 7) is 2.46. The van der Waals surface area contributed by atoms with Gasteiger partial charge in [-0.25, -0.2) is 4.98 Å². The van der Waals surface area contributed by atoms with Gasteiger partial charge in [-0.1, -0.05) is 0 Å². The molecule has 8 heteroatoms. The summed E-state index contributed by atoms with van der Waals surface area (Å²) in [5.41, 5.74) is 3.05. The Hall–Kier alpha value is -2.45. The molecule has 1 unspecified atom stereocenters. The average molecular weight is 416 g/mol. The molecule has 0 saturated carbocycles. The lowest BCUT2D eigenvalue weighted by molar-refractivity contribution is -0.128. The summed E-state index contributed by atoms with van der Waals surface area (Å²) in [6, 6.07) is 6.10. The number of thiazole rings is 1. The molecule has 0 bridgehead atoms. The van der Waals surface area contributed by atoms with Gasteiger partial charge in [0.05, 0.1) is 18.2 Å². The van der Waals surface area contributed by atoms with Crippen molar-refractivity contribution in [2.75, 3.05) is 38.7 Å². The maximum atomic E-state index is 12.6. The number of aromatic nitrogens is 1. The number of nitrogens with zero attached hydrogens (tertiary/aromatic N) is 2. The Morgan fingerprint density at radius 2 is 2.34 bits per heavy atom. The molecule has 0 spiro atoms. The van der Waals surface area contributed by atoms with Crippen LogP contribution in [0.2, 0.25) is 0 Å². The Morgan fingerprint density at radius 1 is 1.45 bits per heavy atom. The van der Waals surface area contributed by atoms with Crippen molar-refractivity contribution in [1.29, 1.82) is 0 Å². The van der Waals surface area contributed by atoms with Gasteiger partial charge < -0.3 is 19.7 Å².